The van der Waals surface area contributed by atoms with Crippen molar-refractivity contribution in [3.63, 3.8) is 0 Å². The number of ether oxygens (including phenoxy) is 1. The molecule has 0 saturated carbocycles. The van der Waals surface area contributed by atoms with E-state index in [4.69, 9.17) is 4.74 Å². The van der Waals surface area contributed by atoms with Crippen LogP contribution in [0.1, 0.15) is 16.7 Å². The van der Waals surface area contributed by atoms with Crippen molar-refractivity contribution >= 4 is 17.8 Å². The number of non-ortho nitro benzene ring substituents is 1. The number of nitro benzene ring substituents is 1. The molecule has 2 rings (SSSR count). The Labute approximate surface area is 139 Å². The van der Waals surface area contributed by atoms with Crippen LogP contribution in [0.15, 0.2) is 47.6 Å². The molecule has 1 N–H and O–H groups in total. The molecular formula is C17H17N3O4. The van der Waals surface area contributed by atoms with Crippen LogP contribution in [0.5, 0.6) is 5.75 Å². The van der Waals surface area contributed by atoms with Crippen LogP contribution in [0.4, 0.5) is 5.69 Å². The van der Waals surface area contributed by atoms with Gasteiger partial charge in [0.05, 0.1) is 11.1 Å². The number of hydrogen-bond donors (Lipinski definition) is 1. The van der Waals surface area contributed by atoms with Crippen LogP contribution in [0, 0.1) is 24.0 Å². The van der Waals surface area contributed by atoms with E-state index in [0.717, 1.165) is 16.7 Å². The molecule has 0 radical (unpaired) electrons. The number of nitro groups is 1. The summed E-state index contributed by atoms with van der Waals surface area (Å²) in [6.07, 6.45) is 1.57. The smallest absolute Gasteiger partial charge is 0.277 e. The van der Waals surface area contributed by atoms with Crippen molar-refractivity contribution in [2.24, 2.45) is 5.10 Å². The lowest BCUT2D eigenvalue weighted by atomic mass is 10.1. The third-order valence-corrected chi connectivity index (χ3v) is 3.24. The van der Waals surface area contributed by atoms with Crippen molar-refractivity contribution in [2.45, 2.75) is 13.8 Å². The molecule has 2 aromatic carbocycles. The van der Waals surface area contributed by atoms with Crippen molar-refractivity contribution in [1.82, 2.24) is 5.43 Å². The van der Waals surface area contributed by atoms with Crippen LogP contribution in [0.25, 0.3) is 0 Å². The first kappa shape index (κ1) is 17.1. The second-order valence-electron chi connectivity index (χ2n) is 5.19. The van der Waals surface area contributed by atoms with E-state index in [2.05, 4.69) is 10.5 Å². The number of carbonyl (C=O) groups excluding carboxylic acids is 1. The molecule has 0 spiro atoms. The van der Waals surface area contributed by atoms with Crippen molar-refractivity contribution < 1.29 is 14.5 Å². The summed E-state index contributed by atoms with van der Waals surface area (Å²) >= 11 is 0. The molecule has 1 amide bonds. The first-order chi connectivity index (χ1) is 11.5. The quantitative estimate of drug-likeness (QED) is 0.501. The highest BCUT2D eigenvalue weighted by atomic mass is 16.6. The van der Waals surface area contributed by atoms with Gasteiger partial charge in [-0.25, -0.2) is 5.43 Å². The van der Waals surface area contributed by atoms with E-state index >= 15 is 0 Å². The van der Waals surface area contributed by atoms with Gasteiger partial charge in [-0.1, -0.05) is 23.8 Å². The van der Waals surface area contributed by atoms with Gasteiger partial charge < -0.3 is 4.74 Å². The molecule has 24 heavy (non-hydrogen) atoms. The number of nitrogens with zero attached hydrogens (tertiary/aromatic N) is 2. The van der Waals surface area contributed by atoms with E-state index in [9.17, 15) is 14.9 Å². The normalized spacial score (nSPS) is 10.6. The minimum atomic E-state index is -0.502. The molecule has 0 aliphatic heterocycles. The number of amides is 1. The van der Waals surface area contributed by atoms with Crippen LogP contribution in [-0.2, 0) is 4.79 Å². The number of hydrazone groups is 1. The van der Waals surface area contributed by atoms with Crippen LogP contribution in [-0.4, -0.2) is 23.7 Å². The SMILES string of the molecule is Cc1ccc(C=NNC(=O)COc2ccc([N+](=O)[O-])cc2)c(C)c1. The molecule has 0 bridgehead atoms. The van der Waals surface area contributed by atoms with Gasteiger partial charge in [-0.3, -0.25) is 14.9 Å². The fourth-order valence-electron chi connectivity index (χ4n) is 1.99. The minimum absolute atomic E-state index is 0.0372. The number of carbonyl (C=O) groups is 1. The number of rotatable bonds is 6. The number of aryl methyl sites for hydroxylation is 2. The largest absolute Gasteiger partial charge is 0.484 e. The highest BCUT2D eigenvalue weighted by molar-refractivity contribution is 5.84. The molecule has 7 heteroatoms. The van der Waals surface area contributed by atoms with E-state index in [1.807, 2.05) is 32.0 Å². The van der Waals surface area contributed by atoms with Gasteiger partial charge in [0.15, 0.2) is 6.61 Å². The maximum absolute atomic E-state index is 11.7. The summed E-state index contributed by atoms with van der Waals surface area (Å²) in [7, 11) is 0. The summed E-state index contributed by atoms with van der Waals surface area (Å²) in [5.74, 6) is -0.0523. The molecule has 0 fully saturated rings. The van der Waals surface area contributed by atoms with Crippen LogP contribution >= 0.6 is 0 Å². The lowest BCUT2D eigenvalue weighted by Gasteiger charge is -2.05. The van der Waals surface area contributed by atoms with E-state index in [0.29, 0.717) is 5.75 Å². The Bertz CT molecular complexity index is 770. The van der Waals surface area contributed by atoms with Crippen LogP contribution < -0.4 is 10.2 Å². The third kappa shape index (κ3) is 4.91. The molecule has 7 nitrogen and oxygen atoms in total. The van der Waals surface area contributed by atoms with Crippen molar-refractivity contribution in [3.05, 3.63) is 69.3 Å². The molecular weight excluding hydrogens is 310 g/mol. The summed E-state index contributed by atoms with van der Waals surface area (Å²) in [6.45, 7) is 3.74. The van der Waals surface area contributed by atoms with Gasteiger partial charge in [0.2, 0.25) is 0 Å². The Hall–Kier alpha value is -3.22. The average molecular weight is 327 g/mol. The molecule has 124 valence electrons. The number of nitrogens with one attached hydrogen (secondary N) is 1. The van der Waals surface area contributed by atoms with Gasteiger partial charge in [0.25, 0.3) is 11.6 Å². The lowest BCUT2D eigenvalue weighted by molar-refractivity contribution is -0.384. The van der Waals surface area contributed by atoms with E-state index in [1.54, 1.807) is 6.21 Å². The zero-order chi connectivity index (χ0) is 17.5. The van der Waals surface area contributed by atoms with E-state index in [-0.39, 0.29) is 12.3 Å². The second kappa shape index (κ2) is 7.87. The molecule has 0 heterocycles. The fourth-order valence-corrected chi connectivity index (χ4v) is 1.99. The van der Waals surface area contributed by atoms with Crippen molar-refractivity contribution in [1.29, 1.82) is 0 Å². The Morgan fingerprint density at radius 3 is 2.58 bits per heavy atom. The Morgan fingerprint density at radius 2 is 1.96 bits per heavy atom. The molecule has 0 aliphatic rings. The van der Waals surface area contributed by atoms with Crippen molar-refractivity contribution in [2.75, 3.05) is 6.61 Å². The predicted molar refractivity (Wildman–Crippen MR) is 90.2 cm³/mol. The molecule has 0 unspecified atom stereocenters. The predicted octanol–water partition coefficient (Wildman–Crippen LogP) is 2.74. The Balaban J connectivity index is 1.82. The number of hydrogen-bond acceptors (Lipinski definition) is 5. The fraction of sp³-hybridized carbons (Fsp3) is 0.176. The highest BCUT2D eigenvalue weighted by Crippen LogP contribution is 2.17. The Morgan fingerprint density at radius 1 is 1.25 bits per heavy atom. The minimum Gasteiger partial charge on any atom is -0.484 e. The maximum Gasteiger partial charge on any atom is 0.277 e. The summed E-state index contributed by atoms with van der Waals surface area (Å²) in [4.78, 5) is 21.7. The van der Waals surface area contributed by atoms with Gasteiger partial charge >= 0.3 is 0 Å². The molecule has 0 atom stereocenters. The lowest BCUT2D eigenvalue weighted by Crippen LogP contribution is -2.24. The zero-order valence-electron chi connectivity index (χ0n) is 13.4. The van der Waals surface area contributed by atoms with Gasteiger partial charge in [-0.15, -0.1) is 0 Å². The molecule has 2 aromatic rings. The highest BCUT2D eigenvalue weighted by Gasteiger charge is 2.06. The molecule has 0 aliphatic carbocycles. The summed E-state index contributed by atoms with van der Waals surface area (Å²) in [5, 5.41) is 14.4. The number of benzene rings is 2. The molecule has 0 aromatic heterocycles. The topological polar surface area (TPSA) is 93.8 Å². The maximum atomic E-state index is 11.7. The van der Waals surface area contributed by atoms with Crippen LogP contribution in [0.3, 0.4) is 0 Å². The first-order valence-electron chi connectivity index (χ1n) is 7.22. The zero-order valence-corrected chi connectivity index (χ0v) is 13.4. The first-order valence-corrected chi connectivity index (χ1v) is 7.22. The monoisotopic (exact) mass is 327 g/mol. The van der Waals surface area contributed by atoms with Crippen molar-refractivity contribution in [3.8, 4) is 5.75 Å². The Kier molecular flexibility index (Phi) is 5.62. The van der Waals surface area contributed by atoms with E-state index in [1.165, 1.54) is 24.3 Å². The van der Waals surface area contributed by atoms with Gasteiger partial charge in [0, 0.05) is 12.1 Å². The summed E-state index contributed by atoms with van der Waals surface area (Å²) < 4.78 is 5.24. The second-order valence-corrected chi connectivity index (χ2v) is 5.19. The van der Waals surface area contributed by atoms with E-state index < -0.39 is 10.8 Å². The standard InChI is InChI=1S/C17H17N3O4/c1-12-3-4-14(13(2)9-12)10-18-19-17(21)11-24-16-7-5-15(6-8-16)20(22)23/h3-10H,11H2,1-2H3,(H,19,21). The van der Waals surface area contributed by atoms with Gasteiger partial charge in [-0.05, 0) is 37.1 Å². The van der Waals surface area contributed by atoms with Gasteiger partial charge in [0.1, 0.15) is 5.75 Å². The third-order valence-electron chi connectivity index (χ3n) is 3.24. The summed E-state index contributed by atoms with van der Waals surface area (Å²) in [6, 6.07) is 11.4. The molecule has 0 saturated heterocycles. The summed E-state index contributed by atoms with van der Waals surface area (Å²) in [5.41, 5.74) is 5.47. The average Bonchev–Trinajstić information content (AvgIpc) is 2.55. The van der Waals surface area contributed by atoms with Crippen LogP contribution in [0.2, 0.25) is 0 Å². The van der Waals surface area contributed by atoms with Gasteiger partial charge in [-0.2, -0.15) is 5.10 Å².